The Morgan fingerprint density at radius 1 is 1.08 bits per heavy atom. The maximum atomic E-state index is 14.3. The Labute approximate surface area is 224 Å². The number of hydrogen-bond donors (Lipinski definition) is 2. The summed E-state index contributed by atoms with van der Waals surface area (Å²) < 4.78 is 102. The summed E-state index contributed by atoms with van der Waals surface area (Å²) in [6.45, 7) is 1.46. The van der Waals surface area contributed by atoms with Gasteiger partial charge in [-0.25, -0.2) is 21.6 Å². The molecule has 2 amide bonds. The van der Waals surface area contributed by atoms with Crippen LogP contribution in [-0.4, -0.2) is 50.9 Å². The number of anilines is 1. The summed E-state index contributed by atoms with van der Waals surface area (Å²) in [6, 6.07) is 5.21. The van der Waals surface area contributed by atoms with E-state index in [-0.39, 0.29) is 27.0 Å². The third-order valence-electron chi connectivity index (χ3n) is 4.77. The van der Waals surface area contributed by atoms with Crippen LogP contribution in [0.5, 0.6) is 0 Å². The average Bonchev–Trinajstić information content (AvgIpc) is 2.71. The number of carbonyl (C=O) groups excluding carboxylic acids is 2. The molecule has 2 aromatic rings. The molecular formula is C21H18BrF6IN2O4S. The molecule has 1 unspecified atom stereocenters. The van der Waals surface area contributed by atoms with Gasteiger partial charge in [-0.2, -0.15) is 13.2 Å². The lowest BCUT2D eigenvalue weighted by Crippen LogP contribution is -2.44. The molecule has 0 aliphatic carbocycles. The lowest BCUT2D eigenvalue weighted by molar-refractivity contribution is -0.274. The highest BCUT2D eigenvalue weighted by atomic mass is 127. The first-order valence-electron chi connectivity index (χ1n) is 9.80. The number of hydrogen-bond acceptors (Lipinski definition) is 4. The van der Waals surface area contributed by atoms with E-state index in [1.807, 2.05) is 0 Å². The van der Waals surface area contributed by atoms with Crippen molar-refractivity contribution in [2.75, 3.05) is 17.3 Å². The minimum Gasteiger partial charge on any atom is -0.349 e. The summed E-state index contributed by atoms with van der Waals surface area (Å²) in [4.78, 5) is 25.7. The van der Waals surface area contributed by atoms with Gasteiger partial charge in [0, 0.05) is 25.9 Å². The molecule has 0 spiro atoms. The fourth-order valence-electron chi connectivity index (χ4n) is 3.18. The van der Waals surface area contributed by atoms with Crippen molar-refractivity contribution in [1.82, 2.24) is 5.32 Å². The molecule has 15 heteroatoms. The zero-order valence-electron chi connectivity index (χ0n) is 18.4. The van der Waals surface area contributed by atoms with Crippen molar-refractivity contribution < 1.29 is 44.3 Å². The smallest absolute Gasteiger partial charge is 0.349 e. The molecule has 0 saturated carbocycles. The molecule has 2 rings (SSSR count). The Morgan fingerprint density at radius 2 is 1.69 bits per heavy atom. The van der Waals surface area contributed by atoms with Crippen LogP contribution in [0.25, 0.3) is 0 Å². The van der Waals surface area contributed by atoms with E-state index in [9.17, 15) is 44.3 Å². The highest BCUT2D eigenvalue weighted by Crippen LogP contribution is 2.48. The summed E-state index contributed by atoms with van der Waals surface area (Å²) >= 11 is 4.63. The Morgan fingerprint density at radius 3 is 2.19 bits per heavy atom. The predicted octanol–water partition coefficient (Wildman–Crippen LogP) is 5.46. The normalized spacial score (nSPS) is 14.8. The Kier molecular flexibility index (Phi) is 9.48. The average molecular weight is 715 g/mol. The standard InChI is InChI=1S/C21H18BrF6IN2O4S/c1-10(9-36(2,34)35)30-18(33)16-12(4-3-5-14(16)29)17(32)31-15-7-6-11(8-13(15)22)20(25,19(23)24)21(26,27)28/h3-8,10,19H,9H2,1-2H3,(H,30,33)(H,31,32)/t10-,20?/m0/s1. The summed E-state index contributed by atoms with van der Waals surface area (Å²) in [5, 5.41) is 4.81. The fraction of sp³-hybridized carbons (Fsp3) is 0.333. The molecule has 0 heterocycles. The molecule has 0 radical (unpaired) electrons. The van der Waals surface area contributed by atoms with Crippen molar-refractivity contribution in [2.24, 2.45) is 0 Å². The summed E-state index contributed by atoms with van der Waals surface area (Å²) in [5.74, 6) is -1.99. The number of alkyl halides is 6. The lowest BCUT2D eigenvalue weighted by atomic mass is 9.95. The van der Waals surface area contributed by atoms with Crippen LogP contribution in [0.15, 0.2) is 40.9 Å². The van der Waals surface area contributed by atoms with E-state index >= 15 is 0 Å². The van der Waals surface area contributed by atoms with Gasteiger partial charge in [-0.3, -0.25) is 9.59 Å². The molecule has 0 aliphatic rings. The molecule has 2 atom stereocenters. The molecule has 0 aromatic heterocycles. The first-order chi connectivity index (χ1) is 16.4. The monoisotopic (exact) mass is 714 g/mol. The van der Waals surface area contributed by atoms with E-state index in [0.29, 0.717) is 15.7 Å². The molecule has 6 nitrogen and oxygen atoms in total. The van der Waals surface area contributed by atoms with Crippen LogP contribution in [0.2, 0.25) is 0 Å². The maximum absolute atomic E-state index is 14.3. The first kappa shape index (κ1) is 30.3. The van der Waals surface area contributed by atoms with Crippen LogP contribution >= 0.6 is 38.5 Å². The molecule has 36 heavy (non-hydrogen) atoms. The van der Waals surface area contributed by atoms with E-state index in [1.165, 1.54) is 25.1 Å². The van der Waals surface area contributed by atoms with Gasteiger partial charge in [0.15, 0.2) is 0 Å². The highest BCUT2D eigenvalue weighted by molar-refractivity contribution is 14.1. The predicted molar refractivity (Wildman–Crippen MR) is 133 cm³/mol. The van der Waals surface area contributed by atoms with Gasteiger partial charge in [-0.1, -0.05) is 12.1 Å². The lowest BCUT2D eigenvalue weighted by Gasteiger charge is -2.27. The second-order valence-corrected chi connectivity index (χ2v) is 12.0. The van der Waals surface area contributed by atoms with Gasteiger partial charge in [0.25, 0.3) is 23.9 Å². The molecular weight excluding hydrogens is 697 g/mol. The van der Waals surface area contributed by atoms with Crippen molar-refractivity contribution in [2.45, 2.75) is 31.2 Å². The molecule has 2 N–H and O–H groups in total. The topological polar surface area (TPSA) is 92.3 Å². The third kappa shape index (κ3) is 6.90. The number of benzene rings is 2. The second-order valence-electron chi connectivity index (χ2n) is 7.79. The number of nitrogens with one attached hydrogen (secondary N) is 2. The summed E-state index contributed by atoms with van der Waals surface area (Å²) in [5.41, 5.74) is -6.74. The zero-order chi connectivity index (χ0) is 27.6. The van der Waals surface area contributed by atoms with Crippen LogP contribution in [-0.2, 0) is 15.5 Å². The Hall–Kier alpha value is -1.88. The van der Waals surface area contributed by atoms with Gasteiger partial charge in [0.05, 0.1) is 22.6 Å². The van der Waals surface area contributed by atoms with Crippen molar-refractivity contribution in [3.8, 4) is 0 Å². The van der Waals surface area contributed by atoms with Crippen molar-refractivity contribution >= 4 is 65.9 Å². The van der Waals surface area contributed by atoms with E-state index in [1.54, 1.807) is 22.6 Å². The molecule has 0 bridgehead atoms. The van der Waals surface area contributed by atoms with Crippen LogP contribution in [0, 0.1) is 3.57 Å². The zero-order valence-corrected chi connectivity index (χ0v) is 23.0. The van der Waals surface area contributed by atoms with Crippen LogP contribution in [0.3, 0.4) is 0 Å². The molecule has 0 saturated heterocycles. The van der Waals surface area contributed by atoms with Crippen molar-refractivity contribution in [3.05, 3.63) is 61.1 Å². The Bertz CT molecular complexity index is 1280. The fourth-order valence-corrected chi connectivity index (χ4v) is 5.39. The van der Waals surface area contributed by atoms with E-state index in [4.69, 9.17) is 0 Å². The minimum atomic E-state index is -5.90. The number of amides is 2. The molecule has 0 aliphatic heterocycles. The van der Waals surface area contributed by atoms with E-state index in [0.717, 1.165) is 12.3 Å². The van der Waals surface area contributed by atoms with Crippen LogP contribution < -0.4 is 10.6 Å². The first-order valence-corrected chi connectivity index (χ1v) is 13.7. The van der Waals surface area contributed by atoms with Gasteiger partial charge < -0.3 is 10.6 Å². The summed E-state index contributed by atoms with van der Waals surface area (Å²) in [7, 11) is -3.41. The molecule has 198 valence electrons. The highest BCUT2D eigenvalue weighted by Gasteiger charge is 2.64. The maximum Gasteiger partial charge on any atom is 0.432 e. The quantitative estimate of drug-likeness (QED) is 0.281. The summed E-state index contributed by atoms with van der Waals surface area (Å²) in [6.07, 6.45) is -9.31. The number of rotatable bonds is 8. The Balaban J connectivity index is 2.37. The van der Waals surface area contributed by atoms with Crippen LogP contribution in [0.4, 0.5) is 32.0 Å². The van der Waals surface area contributed by atoms with Crippen molar-refractivity contribution in [3.63, 3.8) is 0 Å². The van der Waals surface area contributed by atoms with Crippen LogP contribution in [0.1, 0.15) is 33.2 Å². The third-order valence-corrected chi connectivity index (χ3v) is 7.43. The number of halogens is 8. The van der Waals surface area contributed by atoms with Gasteiger partial charge in [0.2, 0.25) is 0 Å². The SMILES string of the molecule is C[C@@H](CS(C)(=O)=O)NC(=O)c1c(I)cccc1C(=O)Nc1ccc(C(F)(C(F)F)C(F)(F)F)cc1Br. The van der Waals surface area contributed by atoms with Gasteiger partial charge in [0.1, 0.15) is 9.84 Å². The molecule has 0 fully saturated rings. The van der Waals surface area contributed by atoms with Gasteiger partial charge in [-0.15, -0.1) is 0 Å². The second kappa shape index (κ2) is 11.2. The number of sulfone groups is 1. The van der Waals surface area contributed by atoms with Gasteiger partial charge in [-0.05, 0) is 69.7 Å². The number of carbonyl (C=O) groups is 2. The molecule has 2 aromatic carbocycles. The van der Waals surface area contributed by atoms with Gasteiger partial charge >= 0.3 is 6.18 Å². The largest absolute Gasteiger partial charge is 0.432 e. The van der Waals surface area contributed by atoms with E-state index in [2.05, 4.69) is 26.6 Å². The minimum absolute atomic E-state index is 0.0961. The van der Waals surface area contributed by atoms with Crippen molar-refractivity contribution in [1.29, 1.82) is 0 Å². The van der Waals surface area contributed by atoms with E-state index < -0.39 is 51.5 Å².